The van der Waals surface area contributed by atoms with Crippen LogP contribution in [-0.4, -0.2) is 29.6 Å². The van der Waals surface area contributed by atoms with Gasteiger partial charge in [0.25, 0.3) is 0 Å². The fourth-order valence-electron chi connectivity index (χ4n) is 2.46. The number of nitrogens with one attached hydrogen (secondary N) is 2. The van der Waals surface area contributed by atoms with E-state index in [4.69, 9.17) is 0 Å². The molecule has 5 heteroatoms. The lowest BCUT2D eigenvalue weighted by atomic mass is 10.0. The summed E-state index contributed by atoms with van der Waals surface area (Å²) in [6.45, 7) is 4.37. The average molecular weight is 265 g/mol. The molecule has 0 saturated carbocycles. The molecule has 2 atom stereocenters. The topological polar surface area (TPSA) is 54.0 Å². The van der Waals surface area contributed by atoms with Crippen LogP contribution >= 0.6 is 0 Å². The van der Waals surface area contributed by atoms with E-state index in [1.165, 1.54) is 5.56 Å². The van der Waals surface area contributed by atoms with Crippen LogP contribution in [0.3, 0.4) is 0 Å². The van der Waals surface area contributed by atoms with Crippen molar-refractivity contribution in [3.8, 4) is 0 Å². The predicted octanol–water partition coefficient (Wildman–Crippen LogP) is 1.84. The average Bonchev–Trinajstić information content (AvgIpc) is 2.85. The number of amides is 1. The van der Waals surface area contributed by atoms with Gasteiger partial charge in [0.15, 0.2) is 0 Å². The summed E-state index contributed by atoms with van der Waals surface area (Å²) in [5.74, 6) is 0.409. The minimum atomic E-state index is -0.934. The van der Waals surface area contributed by atoms with Crippen molar-refractivity contribution in [1.82, 2.24) is 10.3 Å². The van der Waals surface area contributed by atoms with Gasteiger partial charge in [-0.05, 0) is 30.0 Å². The number of nitrogens with zero attached hydrogens (tertiary/aromatic N) is 1. The zero-order valence-corrected chi connectivity index (χ0v) is 11.4. The first-order valence-electron chi connectivity index (χ1n) is 6.80. The summed E-state index contributed by atoms with van der Waals surface area (Å²) >= 11 is 0. The van der Waals surface area contributed by atoms with Gasteiger partial charge in [-0.15, -0.1) is 0 Å². The lowest BCUT2D eigenvalue weighted by Crippen LogP contribution is -2.36. The van der Waals surface area contributed by atoms with E-state index in [0.29, 0.717) is 5.82 Å². The molecule has 1 fully saturated rings. The van der Waals surface area contributed by atoms with Gasteiger partial charge in [0.2, 0.25) is 5.91 Å². The molecule has 1 aromatic rings. The van der Waals surface area contributed by atoms with E-state index in [9.17, 15) is 9.18 Å². The van der Waals surface area contributed by atoms with Crippen molar-refractivity contribution in [2.75, 3.05) is 11.9 Å². The smallest absolute Gasteiger partial charge is 0.242 e. The van der Waals surface area contributed by atoms with Gasteiger partial charge in [-0.1, -0.05) is 13.8 Å². The van der Waals surface area contributed by atoms with Crippen LogP contribution in [0.2, 0.25) is 0 Å². The number of anilines is 1. The number of carbonyl (C=O) groups is 1. The number of hydrogen-bond acceptors (Lipinski definition) is 3. The van der Waals surface area contributed by atoms with E-state index in [0.717, 1.165) is 18.4 Å². The fraction of sp³-hybridized carbons (Fsp3) is 0.571. The number of pyridine rings is 1. The maximum atomic E-state index is 13.1. The van der Waals surface area contributed by atoms with Gasteiger partial charge in [-0.25, -0.2) is 9.37 Å². The molecule has 0 aliphatic carbocycles. The SMILES string of the molecule is CCc1ccnc(NC(=O)[C@@H]2C[C@@H](F)CN2)c1CC. The Morgan fingerprint density at radius 3 is 2.89 bits per heavy atom. The van der Waals surface area contributed by atoms with Crippen LogP contribution in [0.15, 0.2) is 12.3 Å². The molecule has 2 heterocycles. The monoisotopic (exact) mass is 265 g/mol. The summed E-state index contributed by atoms with van der Waals surface area (Å²) in [5, 5.41) is 5.70. The number of aryl methyl sites for hydroxylation is 1. The summed E-state index contributed by atoms with van der Waals surface area (Å²) in [6, 6.07) is 1.52. The summed E-state index contributed by atoms with van der Waals surface area (Å²) in [7, 11) is 0. The summed E-state index contributed by atoms with van der Waals surface area (Å²) in [6.07, 6.45) is 2.73. The van der Waals surface area contributed by atoms with Crippen molar-refractivity contribution in [3.05, 3.63) is 23.4 Å². The Labute approximate surface area is 112 Å². The second kappa shape index (κ2) is 6.10. The van der Waals surface area contributed by atoms with Gasteiger partial charge in [0.1, 0.15) is 12.0 Å². The first-order valence-corrected chi connectivity index (χ1v) is 6.80. The fourth-order valence-corrected chi connectivity index (χ4v) is 2.46. The van der Waals surface area contributed by atoms with Crippen molar-refractivity contribution in [1.29, 1.82) is 0 Å². The van der Waals surface area contributed by atoms with Crippen LogP contribution in [0.1, 0.15) is 31.4 Å². The van der Waals surface area contributed by atoms with Crippen LogP contribution in [0, 0.1) is 0 Å². The minimum Gasteiger partial charge on any atom is -0.309 e. The number of carbonyl (C=O) groups excluding carboxylic acids is 1. The third-order valence-electron chi connectivity index (χ3n) is 3.52. The molecule has 1 aliphatic rings. The third-order valence-corrected chi connectivity index (χ3v) is 3.52. The normalized spacial score (nSPS) is 22.5. The van der Waals surface area contributed by atoms with Crippen molar-refractivity contribution < 1.29 is 9.18 Å². The van der Waals surface area contributed by atoms with Crippen molar-refractivity contribution in [3.63, 3.8) is 0 Å². The molecular weight excluding hydrogens is 245 g/mol. The molecule has 1 amide bonds. The first-order chi connectivity index (χ1) is 9.15. The van der Waals surface area contributed by atoms with Gasteiger partial charge in [-0.3, -0.25) is 4.79 Å². The van der Waals surface area contributed by atoms with Gasteiger partial charge in [0, 0.05) is 19.2 Å². The molecule has 104 valence electrons. The maximum absolute atomic E-state index is 13.1. The summed E-state index contributed by atoms with van der Waals surface area (Å²) in [5.41, 5.74) is 2.25. The Bertz CT molecular complexity index is 464. The number of alkyl halides is 1. The lowest BCUT2D eigenvalue weighted by Gasteiger charge is -2.15. The van der Waals surface area contributed by atoms with E-state index < -0.39 is 12.2 Å². The van der Waals surface area contributed by atoms with Crippen LogP contribution in [-0.2, 0) is 17.6 Å². The molecule has 0 spiro atoms. The second-order valence-corrected chi connectivity index (χ2v) is 4.79. The Morgan fingerprint density at radius 1 is 1.53 bits per heavy atom. The van der Waals surface area contributed by atoms with Crippen LogP contribution < -0.4 is 10.6 Å². The molecule has 4 nitrogen and oxygen atoms in total. The summed E-state index contributed by atoms with van der Waals surface area (Å²) in [4.78, 5) is 16.3. The predicted molar refractivity (Wildman–Crippen MR) is 72.9 cm³/mol. The molecule has 19 heavy (non-hydrogen) atoms. The zero-order valence-electron chi connectivity index (χ0n) is 11.4. The van der Waals surface area contributed by atoms with Crippen molar-refractivity contribution >= 4 is 11.7 Å². The minimum absolute atomic E-state index is 0.199. The molecule has 0 radical (unpaired) electrons. The molecule has 1 aromatic heterocycles. The van der Waals surface area contributed by atoms with Crippen LogP contribution in [0.25, 0.3) is 0 Å². The zero-order chi connectivity index (χ0) is 13.8. The molecule has 1 aliphatic heterocycles. The highest BCUT2D eigenvalue weighted by molar-refractivity contribution is 5.95. The highest BCUT2D eigenvalue weighted by Crippen LogP contribution is 2.20. The quantitative estimate of drug-likeness (QED) is 0.873. The molecule has 1 saturated heterocycles. The van der Waals surface area contributed by atoms with E-state index in [1.807, 2.05) is 13.0 Å². The van der Waals surface area contributed by atoms with E-state index >= 15 is 0 Å². The Hall–Kier alpha value is -1.49. The molecule has 0 unspecified atom stereocenters. The van der Waals surface area contributed by atoms with Gasteiger partial charge in [-0.2, -0.15) is 0 Å². The number of aromatic nitrogens is 1. The molecular formula is C14H20FN3O. The van der Waals surface area contributed by atoms with Gasteiger partial charge >= 0.3 is 0 Å². The first kappa shape index (κ1) is 13.9. The van der Waals surface area contributed by atoms with Crippen LogP contribution in [0.5, 0.6) is 0 Å². The summed E-state index contributed by atoms with van der Waals surface area (Å²) < 4.78 is 13.1. The highest BCUT2D eigenvalue weighted by atomic mass is 19.1. The van der Waals surface area contributed by atoms with Crippen molar-refractivity contribution in [2.45, 2.75) is 45.3 Å². The number of rotatable bonds is 4. The highest BCUT2D eigenvalue weighted by Gasteiger charge is 2.29. The molecule has 0 aromatic carbocycles. The van der Waals surface area contributed by atoms with Crippen molar-refractivity contribution in [2.24, 2.45) is 0 Å². The third kappa shape index (κ3) is 3.10. The van der Waals surface area contributed by atoms with E-state index in [-0.39, 0.29) is 18.9 Å². The molecule has 2 N–H and O–H groups in total. The standard InChI is InChI=1S/C14H20FN3O/c1-3-9-5-6-16-13(11(9)4-2)18-14(19)12-7-10(15)8-17-12/h5-6,10,12,17H,3-4,7-8H2,1-2H3,(H,16,18,19)/t10-,12+/m1/s1. The number of halogens is 1. The largest absolute Gasteiger partial charge is 0.309 e. The maximum Gasteiger partial charge on any atom is 0.242 e. The van der Waals surface area contributed by atoms with E-state index in [1.54, 1.807) is 6.20 Å². The number of hydrogen-bond donors (Lipinski definition) is 2. The Kier molecular flexibility index (Phi) is 4.47. The Morgan fingerprint density at radius 2 is 2.32 bits per heavy atom. The van der Waals surface area contributed by atoms with Gasteiger partial charge in [0.05, 0.1) is 6.04 Å². The second-order valence-electron chi connectivity index (χ2n) is 4.79. The molecule has 0 bridgehead atoms. The Balaban J connectivity index is 2.12. The van der Waals surface area contributed by atoms with Crippen LogP contribution in [0.4, 0.5) is 10.2 Å². The van der Waals surface area contributed by atoms with Gasteiger partial charge < -0.3 is 10.6 Å². The molecule has 2 rings (SSSR count). The lowest BCUT2D eigenvalue weighted by molar-refractivity contribution is -0.117. The van der Waals surface area contributed by atoms with E-state index in [2.05, 4.69) is 22.5 Å².